The van der Waals surface area contributed by atoms with Gasteiger partial charge in [-0.15, -0.1) is 0 Å². The fraction of sp³-hybridized carbons (Fsp3) is 0.688. The van der Waals surface area contributed by atoms with E-state index in [0.717, 1.165) is 32.1 Å². The zero-order chi connectivity index (χ0) is 16.1. The highest BCUT2D eigenvalue weighted by atomic mass is 16.2. The molecule has 22 heavy (non-hydrogen) atoms. The quantitative estimate of drug-likeness (QED) is 0.818. The molecule has 0 aliphatic heterocycles. The Hall–Kier alpha value is -1.85. The molecule has 1 aromatic heterocycles. The van der Waals surface area contributed by atoms with E-state index in [-0.39, 0.29) is 6.04 Å². The van der Waals surface area contributed by atoms with Crippen LogP contribution in [0.5, 0.6) is 0 Å². The number of nitrogens with one attached hydrogen (secondary N) is 2. The highest BCUT2D eigenvalue weighted by molar-refractivity contribution is 6.39. The van der Waals surface area contributed by atoms with E-state index in [9.17, 15) is 9.59 Å². The number of rotatable bonds is 5. The van der Waals surface area contributed by atoms with Gasteiger partial charge in [0.15, 0.2) is 5.82 Å². The molecule has 2 amide bonds. The number of carbonyl (C=O) groups is 2. The highest BCUT2D eigenvalue weighted by Crippen LogP contribution is 2.30. The molecular formula is C16H26N4O2. The van der Waals surface area contributed by atoms with Crippen LogP contribution in [-0.4, -0.2) is 27.6 Å². The monoisotopic (exact) mass is 306 g/mol. The summed E-state index contributed by atoms with van der Waals surface area (Å²) in [5.74, 6) is 0.351. The Balaban J connectivity index is 1.83. The van der Waals surface area contributed by atoms with Crippen molar-refractivity contribution in [2.45, 2.75) is 52.0 Å². The van der Waals surface area contributed by atoms with Crippen molar-refractivity contribution in [2.24, 2.45) is 18.9 Å². The van der Waals surface area contributed by atoms with Crippen LogP contribution in [0.2, 0.25) is 0 Å². The van der Waals surface area contributed by atoms with Crippen molar-refractivity contribution < 1.29 is 9.59 Å². The first-order chi connectivity index (χ1) is 10.5. The molecule has 2 atom stereocenters. The van der Waals surface area contributed by atoms with Crippen LogP contribution in [0.4, 0.5) is 5.82 Å². The second-order valence-corrected chi connectivity index (χ2v) is 6.57. The van der Waals surface area contributed by atoms with Gasteiger partial charge in [0.25, 0.3) is 0 Å². The van der Waals surface area contributed by atoms with Crippen molar-refractivity contribution in [3.63, 3.8) is 0 Å². The van der Waals surface area contributed by atoms with Gasteiger partial charge in [-0.3, -0.25) is 14.3 Å². The van der Waals surface area contributed by atoms with Gasteiger partial charge in [0.1, 0.15) is 0 Å². The maximum Gasteiger partial charge on any atom is 0.314 e. The lowest BCUT2D eigenvalue weighted by Crippen LogP contribution is -2.43. The lowest BCUT2D eigenvalue weighted by atomic mass is 9.93. The van der Waals surface area contributed by atoms with E-state index in [1.54, 1.807) is 24.0 Å². The van der Waals surface area contributed by atoms with Crippen molar-refractivity contribution in [1.29, 1.82) is 0 Å². The first-order valence-corrected chi connectivity index (χ1v) is 8.07. The zero-order valence-corrected chi connectivity index (χ0v) is 13.6. The van der Waals surface area contributed by atoms with Crippen LogP contribution in [0.25, 0.3) is 0 Å². The Morgan fingerprint density at radius 2 is 2.14 bits per heavy atom. The standard InChI is InChI=1S/C16H26N4O2/c1-11(2)7-8-12-5-4-6-13(12)17-15(21)16(22)18-14-9-10-20(3)19-14/h9-13H,4-8H2,1-3H3,(H,17,21)(H,18,19,22). The summed E-state index contributed by atoms with van der Waals surface area (Å²) in [4.78, 5) is 23.9. The summed E-state index contributed by atoms with van der Waals surface area (Å²) in [6.07, 6.45) is 7.22. The van der Waals surface area contributed by atoms with Gasteiger partial charge < -0.3 is 10.6 Å². The van der Waals surface area contributed by atoms with E-state index in [2.05, 4.69) is 29.6 Å². The van der Waals surface area contributed by atoms with Crippen LogP contribution in [0.15, 0.2) is 12.3 Å². The number of aromatic nitrogens is 2. The summed E-state index contributed by atoms with van der Waals surface area (Å²) in [6, 6.07) is 1.78. The Labute approximate surface area is 131 Å². The van der Waals surface area contributed by atoms with E-state index in [0.29, 0.717) is 17.7 Å². The maximum atomic E-state index is 12.0. The molecule has 1 aromatic rings. The van der Waals surface area contributed by atoms with Gasteiger partial charge in [-0.05, 0) is 31.1 Å². The van der Waals surface area contributed by atoms with Crippen molar-refractivity contribution in [1.82, 2.24) is 15.1 Å². The van der Waals surface area contributed by atoms with Gasteiger partial charge in [0.2, 0.25) is 0 Å². The summed E-state index contributed by atoms with van der Waals surface area (Å²) in [5.41, 5.74) is 0. The van der Waals surface area contributed by atoms with E-state index in [1.165, 1.54) is 0 Å². The number of amides is 2. The van der Waals surface area contributed by atoms with Gasteiger partial charge in [-0.2, -0.15) is 5.10 Å². The van der Waals surface area contributed by atoms with Crippen molar-refractivity contribution in [3.05, 3.63) is 12.3 Å². The molecule has 2 rings (SSSR count). The number of hydrogen-bond donors (Lipinski definition) is 2. The Kier molecular flexibility index (Phi) is 5.57. The Morgan fingerprint density at radius 1 is 1.36 bits per heavy atom. The highest BCUT2D eigenvalue weighted by Gasteiger charge is 2.30. The Bertz CT molecular complexity index is 524. The van der Waals surface area contributed by atoms with Crippen molar-refractivity contribution in [3.8, 4) is 0 Å². The first kappa shape index (κ1) is 16.5. The van der Waals surface area contributed by atoms with E-state index < -0.39 is 11.8 Å². The molecule has 0 saturated heterocycles. The molecule has 2 unspecified atom stereocenters. The normalized spacial score (nSPS) is 21.1. The molecular weight excluding hydrogens is 280 g/mol. The maximum absolute atomic E-state index is 12.0. The SMILES string of the molecule is CC(C)CCC1CCCC1NC(=O)C(=O)Nc1ccn(C)n1. The minimum Gasteiger partial charge on any atom is -0.345 e. The lowest BCUT2D eigenvalue weighted by molar-refractivity contribution is -0.136. The molecule has 0 bridgehead atoms. The average Bonchev–Trinajstić information content (AvgIpc) is 3.05. The lowest BCUT2D eigenvalue weighted by Gasteiger charge is -2.21. The van der Waals surface area contributed by atoms with Crippen LogP contribution in [0, 0.1) is 11.8 Å². The topological polar surface area (TPSA) is 76.0 Å². The third-order valence-electron chi connectivity index (χ3n) is 4.25. The van der Waals surface area contributed by atoms with Gasteiger partial charge in [0, 0.05) is 25.4 Å². The van der Waals surface area contributed by atoms with Crippen molar-refractivity contribution >= 4 is 17.6 Å². The van der Waals surface area contributed by atoms with Crippen LogP contribution in [0.1, 0.15) is 46.0 Å². The third-order valence-corrected chi connectivity index (χ3v) is 4.25. The fourth-order valence-corrected chi connectivity index (χ4v) is 3.01. The van der Waals surface area contributed by atoms with Gasteiger partial charge in [-0.1, -0.05) is 26.7 Å². The van der Waals surface area contributed by atoms with E-state index in [1.807, 2.05) is 0 Å². The van der Waals surface area contributed by atoms with Gasteiger partial charge >= 0.3 is 11.8 Å². The Morgan fingerprint density at radius 3 is 2.77 bits per heavy atom. The number of carbonyl (C=O) groups excluding carboxylic acids is 2. The number of nitrogens with zero attached hydrogens (tertiary/aromatic N) is 2. The van der Waals surface area contributed by atoms with E-state index in [4.69, 9.17) is 0 Å². The van der Waals surface area contributed by atoms with Gasteiger partial charge in [0.05, 0.1) is 0 Å². The molecule has 0 radical (unpaired) electrons. The summed E-state index contributed by atoms with van der Waals surface area (Å²) >= 11 is 0. The summed E-state index contributed by atoms with van der Waals surface area (Å²) in [6.45, 7) is 4.42. The molecule has 1 fully saturated rings. The van der Waals surface area contributed by atoms with Crippen LogP contribution < -0.4 is 10.6 Å². The first-order valence-electron chi connectivity index (χ1n) is 8.07. The molecule has 1 aliphatic carbocycles. The molecule has 0 aromatic carbocycles. The molecule has 6 nitrogen and oxygen atoms in total. The predicted molar refractivity (Wildman–Crippen MR) is 85.2 cm³/mol. The number of hydrogen-bond acceptors (Lipinski definition) is 3. The average molecular weight is 306 g/mol. The minimum absolute atomic E-state index is 0.126. The summed E-state index contributed by atoms with van der Waals surface area (Å²) in [5, 5.41) is 9.45. The summed E-state index contributed by atoms with van der Waals surface area (Å²) < 4.78 is 1.58. The molecule has 1 saturated carbocycles. The van der Waals surface area contributed by atoms with Gasteiger partial charge in [-0.25, -0.2) is 0 Å². The molecule has 0 spiro atoms. The second-order valence-electron chi connectivity index (χ2n) is 6.57. The molecule has 1 heterocycles. The predicted octanol–water partition coefficient (Wildman–Crippen LogP) is 2.08. The fourth-order valence-electron chi connectivity index (χ4n) is 3.01. The summed E-state index contributed by atoms with van der Waals surface area (Å²) in [7, 11) is 1.76. The largest absolute Gasteiger partial charge is 0.345 e. The van der Waals surface area contributed by atoms with Crippen molar-refractivity contribution in [2.75, 3.05) is 5.32 Å². The van der Waals surface area contributed by atoms with E-state index >= 15 is 0 Å². The van der Waals surface area contributed by atoms with Crippen LogP contribution in [0.3, 0.4) is 0 Å². The molecule has 122 valence electrons. The minimum atomic E-state index is -0.645. The molecule has 1 aliphatic rings. The smallest absolute Gasteiger partial charge is 0.314 e. The number of aryl methyl sites for hydroxylation is 1. The van der Waals surface area contributed by atoms with Crippen LogP contribution >= 0.6 is 0 Å². The second kappa shape index (κ2) is 7.42. The number of anilines is 1. The molecule has 6 heteroatoms. The third kappa shape index (κ3) is 4.58. The van der Waals surface area contributed by atoms with Crippen LogP contribution in [-0.2, 0) is 16.6 Å². The zero-order valence-electron chi connectivity index (χ0n) is 13.6. The molecule has 2 N–H and O–H groups in total.